The van der Waals surface area contributed by atoms with Gasteiger partial charge in [0.1, 0.15) is 6.10 Å². The van der Waals surface area contributed by atoms with Crippen LogP contribution in [0.3, 0.4) is 0 Å². The van der Waals surface area contributed by atoms with Crippen LogP contribution < -0.4 is 0 Å². The molecule has 0 aromatic heterocycles. The molecule has 0 aromatic carbocycles. The molecule has 0 fully saturated rings. The van der Waals surface area contributed by atoms with Gasteiger partial charge in [0.15, 0.2) is 0 Å². The Bertz CT molecular complexity index is 456. The smallest absolute Gasteiger partial charge is 0.303 e. The topological polar surface area (TPSA) is 83.8 Å². The molecule has 1 aliphatic rings. The van der Waals surface area contributed by atoms with Gasteiger partial charge in [-0.15, -0.1) is 0 Å². The van der Waals surface area contributed by atoms with Crippen LogP contribution >= 0.6 is 0 Å². The number of aliphatic hydroxyl groups is 1. The van der Waals surface area contributed by atoms with Gasteiger partial charge in [0.2, 0.25) is 0 Å². The standard InChI is InChI=1S/C15H24O3.C2H4O2/c1-10-8-13(17)9-15(4,5)14(10)7-6-11(2)18-12(3)16;1-2(3)4/h6-7,11,13,17H,8-9H2,1-5H3;1H3,(H,3,4). The summed E-state index contributed by atoms with van der Waals surface area (Å²) in [6, 6.07) is 0. The van der Waals surface area contributed by atoms with Gasteiger partial charge in [-0.25, -0.2) is 0 Å². The maximum absolute atomic E-state index is 10.8. The molecule has 0 aromatic rings. The van der Waals surface area contributed by atoms with Gasteiger partial charge in [-0.1, -0.05) is 25.5 Å². The maximum Gasteiger partial charge on any atom is 0.303 e. The van der Waals surface area contributed by atoms with Crippen molar-refractivity contribution in [3.05, 3.63) is 23.3 Å². The third-order valence-corrected chi connectivity index (χ3v) is 3.36. The van der Waals surface area contributed by atoms with Gasteiger partial charge in [0, 0.05) is 13.8 Å². The average molecular weight is 312 g/mol. The van der Waals surface area contributed by atoms with Gasteiger partial charge in [-0.05, 0) is 43.8 Å². The molecule has 0 bridgehead atoms. The van der Waals surface area contributed by atoms with Crippen molar-refractivity contribution in [1.29, 1.82) is 0 Å². The molecule has 0 amide bonds. The van der Waals surface area contributed by atoms with E-state index in [4.69, 9.17) is 14.6 Å². The molecular weight excluding hydrogens is 284 g/mol. The molecule has 0 spiro atoms. The minimum absolute atomic E-state index is 0.0335. The zero-order valence-corrected chi connectivity index (χ0v) is 14.3. The molecule has 22 heavy (non-hydrogen) atoms. The third-order valence-electron chi connectivity index (χ3n) is 3.36. The quantitative estimate of drug-likeness (QED) is 0.782. The minimum atomic E-state index is -0.833. The molecule has 0 heterocycles. The van der Waals surface area contributed by atoms with Crippen molar-refractivity contribution in [1.82, 2.24) is 0 Å². The van der Waals surface area contributed by atoms with Gasteiger partial charge in [-0.3, -0.25) is 9.59 Å². The largest absolute Gasteiger partial charge is 0.481 e. The molecule has 2 atom stereocenters. The Morgan fingerprint density at radius 3 is 2.27 bits per heavy atom. The van der Waals surface area contributed by atoms with Crippen molar-refractivity contribution in [2.75, 3.05) is 0 Å². The first kappa shape index (κ1) is 20.4. The highest BCUT2D eigenvalue weighted by Gasteiger charge is 2.31. The summed E-state index contributed by atoms with van der Waals surface area (Å²) in [6.45, 7) is 10.7. The number of aliphatic hydroxyl groups excluding tert-OH is 1. The molecule has 1 aliphatic carbocycles. The third kappa shape index (κ3) is 7.98. The SMILES string of the molecule is CC(=O)O.CC(=O)OC(C)C=CC1=C(C)CC(O)CC1(C)C. The van der Waals surface area contributed by atoms with E-state index in [1.54, 1.807) is 0 Å². The summed E-state index contributed by atoms with van der Waals surface area (Å²) < 4.78 is 5.07. The van der Waals surface area contributed by atoms with E-state index in [1.165, 1.54) is 18.1 Å². The van der Waals surface area contributed by atoms with E-state index in [9.17, 15) is 9.90 Å². The normalized spacial score (nSPS) is 21.9. The van der Waals surface area contributed by atoms with Gasteiger partial charge < -0.3 is 14.9 Å². The van der Waals surface area contributed by atoms with Crippen molar-refractivity contribution in [3.8, 4) is 0 Å². The van der Waals surface area contributed by atoms with Crippen LogP contribution in [-0.2, 0) is 14.3 Å². The van der Waals surface area contributed by atoms with Gasteiger partial charge in [0.25, 0.3) is 5.97 Å². The zero-order valence-electron chi connectivity index (χ0n) is 14.3. The number of rotatable bonds is 3. The van der Waals surface area contributed by atoms with Gasteiger partial charge in [0.05, 0.1) is 6.10 Å². The number of esters is 1. The fourth-order valence-corrected chi connectivity index (χ4v) is 2.71. The molecule has 0 saturated heterocycles. The van der Waals surface area contributed by atoms with Crippen LogP contribution in [-0.4, -0.2) is 34.4 Å². The van der Waals surface area contributed by atoms with Crippen molar-refractivity contribution in [2.45, 2.75) is 66.6 Å². The number of aliphatic carboxylic acids is 1. The van der Waals surface area contributed by atoms with Gasteiger partial charge in [-0.2, -0.15) is 0 Å². The van der Waals surface area contributed by atoms with Crippen molar-refractivity contribution in [2.24, 2.45) is 5.41 Å². The van der Waals surface area contributed by atoms with Crippen LogP contribution in [0.15, 0.2) is 23.3 Å². The van der Waals surface area contributed by atoms with Gasteiger partial charge >= 0.3 is 5.97 Å². The van der Waals surface area contributed by atoms with Crippen LogP contribution in [0.25, 0.3) is 0 Å². The summed E-state index contributed by atoms with van der Waals surface area (Å²) in [5.41, 5.74) is 2.42. The highest BCUT2D eigenvalue weighted by atomic mass is 16.5. The molecule has 0 aliphatic heterocycles. The first-order chi connectivity index (χ1) is 9.95. The molecule has 0 radical (unpaired) electrons. The Morgan fingerprint density at radius 1 is 1.36 bits per heavy atom. The van der Waals surface area contributed by atoms with Crippen LogP contribution in [0.1, 0.15) is 54.4 Å². The molecule has 5 heteroatoms. The summed E-state index contributed by atoms with van der Waals surface area (Å²) in [4.78, 5) is 19.8. The Balaban J connectivity index is 0.000000980. The predicted octanol–water partition coefficient (Wildman–Crippen LogP) is 3.08. The van der Waals surface area contributed by atoms with E-state index < -0.39 is 5.97 Å². The Morgan fingerprint density at radius 2 is 1.86 bits per heavy atom. The highest BCUT2D eigenvalue weighted by molar-refractivity contribution is 5.66. The van der Waals surface area contributed by atoms with E-state index in [0.29, 0.717) is 0 Å². The number of allylic oxidation sites excluding steroid dienone is 2. The van der Waals surface area contributed by atoms with Crippen molar-refractivity contribution in [3.63, 3.8) is 0 Å². The summed E-state index contributed by atoms with van der Waals surface area (Å²) in [5.74, 6) is -1.10. The lowest BCUT2D eigenvalue weighted by atomic mass is 9.71. The number of ether oxygens (including phenoxy) is 1. The number of carboxylic acids is 1. The van der Waals surface area contributed by atoms with E-state index in [1.807, 2.05) is 19.1 Å². The molecule has 1 rings (SSSR count). The monoisotopic (exact) mass is 312 g/mol. The highest BCUT2D eigenvalue weighted by Crippen LogP contribution is 2.40. The molecular formula is C17H28O5. The Labute approximate surface area is 132 Å². The first-order valence-corrected chi connectivity index (χ1v) is 7.39. The maximum atomic E-state index is 10.8. The number of hydrogen-bond acceptors (Lipinski definition) is 4. The fraction of sp³-hybridized carbons (Fsp3) is 0.647. The number of carbonyl (C=O) groups is 2. The molecule has 126 valence electrons. The lowest BCUT2D eigenvalue weighted by Crippen LogP contribution is -2.28. The van der Waals surface area contributed by atoms with Crippen molar-refractivity contribution < 1.29 is 24.5 Å². The summed E-state index contributed by atoms with van der Waals surface area (Å²) >= 11 is 0. The number of carbonyl (C=O) groups excluding carboxylic acids is 1. The predicted molar refractivity (Wildman–Crippen MR) is 85.4 cm³/mol. The summed E-state index contributed by atoms with van der Waals surface area (Å²) in [5, 5.41) is 17.2. The second-order valence-electron chi connectivity index (χ2n) is 6.33. The average Bonchev–Trinajstić information content (AvgIpc) is 2.23. The summed E-state index contributed by atoms with van der Waals surface area (Å²) in [7, 11) is 0. The van der Waals surface area contributed by atoms with E-state index in [-0.39, 0.29) is 23.6 Å². The number of hydrogen-bond donors (Lipinski definition) is 2. The molecule has 2 N–H and O–H groups in total. The van der Waals surface area contributed by atoms with E-state index >= 15 is 0 Å². The lowest BCUT2D eigenvalue weighted by Gasteiger charge is -2.35. The van der Waals surface area contributed by atoms with E-state index in [0.717, 1.165) is 19.8 Å². The van der Waals surface area contributed by atoms with Crippen LogP contribution in [0.2, 0.25) is 0 Å². The van der Waals surface area contributed by atoms with Crippen LogP contribution in [0.4, 0.5) is 0 Å². The van der Waals surface area contributed by atoms with Crippen LogP contribution in [0.5, 0.6) is 0 Å². The second kappa shape index (κ2) is 8.73. The first-order valence-electron chi connectivity index (χ1n) is 7.39. The minimum Gasteiger partial charge on any atom is -0.481 e. The number of carboxylic acid groups (broad SMARTS) is 1. The Hall–Kier alpha value is -1.62. The molecule has 5 nitrogen and oxygen atoms in total. The molecule has 2 unspecified atom stereocenters. The lowest BCUT2D eigenvalue weighted by molar-refractivity contribution is -0.143. The zero-order chi connectivity index (χ0) is 17.5. The van der Waals surface area contributed by atoms with Crippen LogP contribution in [0, 0.1) is 5.41 Å². The second-order valence-corrected chi connectivity index (χ2v) is 6.33. The van der Waals surface area contributed by atoms with Crippen molar-refractivity contribution >= 4 is 11.9 Å². The van der Waals surface area contributed by atoms with E-state index in [2.05, 4.69) is 20.8 Å². The summed E-state index contributed by atoms with van der Waals surface area (Å²) in [6.07, 6.45) is 4.97. The Kier molecular flexibility index (Phi) is 8.09. The fourth-order valence-electron chi connectivity index (χ4n) is 2.71. The molecule has 0 saturated carbocycles.